The molecule has 4 amide bonds. The SMILES string of the molecule is Cc1ccc2nc(C)c3c(c2c1)CC[C@]1(C[C@H]2C(=O)NC4(C(=O)NS(=O)(=O)C5(C)CC5)CC4/C=C\CCCCC[C@H](NC(=O)OC(C)(C)C)C(=O)N2C1)O3. The van der Waals surface area contributed by atoms with Gasteiger partial charge in [0.1, 0.15) is 34.6 Å². The minimum atomic E-state index is -3.98. The van der Waals surface area contributed by atoms with E-state index < -0.39 is 73.3 Å². The molecule has 1 aromatic heterocycles. The zero-order chi connectivity index (χ0) is 38.8. The molecule has 7 rings (SSSR count). The van der Waals surface area contributed by atoms with Crippen molar-refractivity contribution in [1.29, 1.82) is 0 Å². The predicted molar refractivity (Wildman–Crippen MR) is 202 cm³/mol. The first-order chi connectivity index (χ1) is 25.3. The molecule has 3 aliphatic heterocycles. The van der Waals surface area contributed by atoms with Crippen molar-refractivity contribution in [2.45, 2.75) is 146 Å². The lowest BCUT2D eigenvalue weighted by atomic mass is 9.87. The number of carbonyl (C=O) groups excluding carboxylic acids is 4. The van der Waals surface area contributed by atoms with Gasteiger partial charge in [0.15, 0.2) is 0 Å². The highest BCUT2D eigenvalue weighted by molar-refractivity contribution is 7.91. The molecule has 2 aromatic rings. The molecule has 3 N–H and O–H groups in total. The summed E-state index contributed by atoms with van der Waals surface area (Å²) in [6, 6.07) is 4.07. The van der Waals surface area contributed by atoms with Crippen molar-refractivity contribution in [3.8, 4) is 5.75 Å². The largest absolute Gasteiger partial charge is 0.483 e. The highest BCUT2D eigenvalue weighted by Crippen LogP contribution is 2.49. The molecule has 54 heavy (non-hydrogen) atoms. The molecule has 1 saturated heterocycles. The number of allylic oxidation sites excluding steroid dienone is 1. The second kappa shape index (κ2) is 13.5. The summed E-state index contributed by atoms with van der Waals surface area (Å²) in [6.45, 7) is 10.8. The van der Waals surface area contributed by atoms with Gasteiger partial charge in [-0.2, -0.15) is 0 Å². The van der Waals surface area contributed by atoms with Gasteiger partial charge in [0.2, 0.25) is 21.8 Å². The van der Waals surface area contributed by atoms with E-state index in [0.29, 0.717) is 56.4 Å². The van der Waals surface area contributed by atoms with Gasteiger partial charge in [-0.15, -0.1) is 0 Å². The number of nitrogens with zero attached hydrogens (tertiary/aromatic N) is 2. The van der Waals surface area contributed by atoms with Gasteiger partial charge in [-0.25, -0.2) is 18.2 Å². The van der Waals surface area contributed by atoms with Gasteiger partial charge < -0.3 is 25.0 Å². The van der Waals surface area contributed by atoms with E-state index >= 15 is 0 Å². The Labute approximate surface area is 317 Å². The van der Waals surface area contributed by atoms with Crippen LogP contribution in [0.5, 0.6) is 5.75 Å². The smallest absolute Gasteiger partial charge is 0.408 e. The number of aryl methyl sites for hydroxylation is 3. The minimum Gasteiger partial charge on any atom is -0.483 e. The summed E-state index contributed by atoms with van der Waals surface area (Å²) in [5.41, 5.74) is 0.455. The second-order valence-electron chi connectivity index (χ2n) is 17.4. The first-order valence-corrected chi connectivity index (χ1v) is 20.8. The summed E-state index contributed by atoms with van der Waals surface area (Å²) < 4.78 is 40.1. The number of hydrogen-bond acceptors (Lipinski definition) is 9. The van der Waals surface area contributed by atoms with Crippen LogP contribution in [0.2, 0.25) is 0 Å². The van der Waals surface area contributed by atoms with Crippen LogP contribution < -0.4 is 20.1 Å². The van der Waals surface area contributed by atoms with E-state index in [1.54, 1.807) is 27.7 Å². The number of amides is 4. The van der Waals surface area contributed by atoms with Crippen LogP contribution in [0, 0.1) is 19.8 Å². The van der Waals surface area contributed by atoms with Crippen molar-refractivity contribution in [3.05, 3.63) is 47.2 Å². The quantitative estimate of drug-likeness (QED) is 0.370. The summed E-state index contributed by atoms with van der Waals surface area (Å²) in [5, 5.41) is 6.75. The highest BCUT2D eigenvalue weighted by Gasteiger charge is 2.64. The molecule has 4 heterocycles. The van der Waals surface area contributed by atoms with Crippen LogP contribution >= 0.6 is 0 Å². The monoisotopic (exact) mass is 763 g/mol. The van der Waals surface area contributed by atoms with Crippen molar-refractivity contribution >= 4 is 44.7 Å². The fraction of sp³-hybridized carbons (Fsp3) is 0.625. The Morgan fingerprint density at radius 1 is 1.07 bits per heavy atom. The molecule has 14 heteroatoms. The lowest BCUT2D eigenvalue weighted by molar-refractivity contribution is -0.141. The Bertz CT molecular complexity index is 2040. The number of sulfonamides is 1. The average Bonchev–Trinajstić information content (AvgIpc) is 3.98. The third kappa shape index (κ3) is 7.29. The van der Waals surface area contributed by atoms with E-state index in [0.717, 1.165) is 34.9 Å². The number of hydrogen-bond donors (Lipinski definition) is 3. The van der Waals surface area contributed by atoms with Crippen LogP contribution in [0.4, 0.5) is 4.79 Å². The molecule has 13 nitrogen and oxygen atoms in total. The van der Waals surface area contributed by atoms with E-state index in [1.807, 2.05) is 38.1 Å². The molecule has 0 radical (unpaired) electrons. The maximum Gasteiger partial charge on any atom is 0.408 e. The Hall–Kier alpha value is -4.20. The number of carbonyl (C=O) groups is 4. The van der Waals surface area contributed by atoms with Crippen LogP contribution in [0.15, 0.2) is 30.4 Å². The Kier molecular flexibility index (Phi) is 9.54. The first kappa shape index (κ1) is 38.1. The first-order valence-electron chi connectivity index (χ1n) is 19.3. The number of pyridine rings is 1. The Morgan fingerprint density at radius 3 is 2.56 bits per heavy atom. The average molecular weight is 764 g/mol. The van der Waals surface area contributed by atoms with Gasteiger partial charge in [0.05, 0.1) is 22.5 Å². The maximum atomic E-state index is 14.7. The van der Waals surface area contributed by atoms with E-state index in [-0.39, 0.29) is 19.4 Å². The number of alkyl carbamates (subject to hydrolysis) is 1. The number of aromatic nitrogens is 1. The number of nitrogens with one attached hydrogen (secondary N) is 3. The fourth-order valence-electron chi connectivity index (χ4n) is 8.26. The highest BCUT2D eigenvalue weighted by atomic mass is 32.2. The molecule has 5 atom stereocenters. The van der Waals surface area contributed by atoms with Crippen molar-refractivity contribution in [1.82, 2.24) is 25.2 Å². The molecule has 2 unspecified atom stereocenters. The zero-order valence-electron chi connectivity index (χ0n) is 32.2. The molecule has 2 aliphatic carbocycles. The second-order valence-corrected chi connectivity index (χ2v) is 19.6. The van der Waals surface area contributed by atoms with Gasteiger partial charge >= 0.3 is 6.09 Å². The van der Waals surface area contributed by atoms with E-state index in [4.69, 9.17) is 14.5 Å². The third-order valence-electron chi connectivity index (χ3n) is 11.8. The molecule has 292 valence electrons. The van der Waals surface area contributed by atoms with Gasteiger partial charge in [0.25, 0.3) is 5.91 Å². The lowest BCUT2D eigenvalue weighted by Gasteiger charge is -2.37. The van der Waals surface area contributed by atoms with Crippen LogP contribution in [0.25, 0.3) is 10.9 Å². The third-order valence-corrected chi connectivity index (χ3v) is 14.0. The molecule has 2 saturated carbocycles. The topological polar surface area (TPSA) is 173 Å². The number of ether oxygens (including phenoxy) is 2. The summed E-state index contributed by atoms with van der Waals surface area (Å²) in [5.74, 6) is -1.58. The molecular formula is C40H53N5O8S. The fourth-order valence-corrected chi connectivity index (χ4v) is 9.57. The zero-order valence-corrected chi connectivity index (χ0v) is 33.0. The number of rotatable bonds is 4. The molecular weight excluding hydrogens is 711 g/mol. The van der Waals surface area contributed by atoms with Crippen molar-refractivity contribution in [2.24, 2.45) is 5.92 Å². The Balaban J connectivity index is 1.24. The molecule has 1 aromatic carbocycles. The summed E-state index contributed by atoms with van der Waals surface area (Å²) >= 11 is 0. The minimum absolute atomic E-state index is 0.0659. The van der Waals surface area contributed by atoms with E-state index in [2.05, 4.69) is 21.4 Å². The van der Waals surface area contributed by atoms with Crippen molar-refractivity contribution < 1.29 is 37.1 Å². The van der Waals surface area contributed by atoms with Crippen LogP contribution in [-0.2, 0) is 35.6 Å². The molecule has 5 aliphatic rings. The lowest BCUT2D eigenvalue weighted by Crippen LogP contribution is -2.58. The van der Waals surface area contributed by atoms with Gasteiger partial charge in [-0.1, -0.05) is 36.6 Å². The van der Waals surface area contributed by atoms with Crippen LogP contribution in [0.1, 0.15) is 109 Å². The predicted octanol–water partition coefficient (Wildman–Crippen LogP) is 4.80. The maximum absolute atomic E-state index is 14.7. The van der Waals surface area contributed by atoms with Gasteiger partial charge in [-0.05, 0) is 105 Å². The normalized spacial score (nSPS) is 30.0. The van der Waals surface area contributed by atoms with Crippen LogP contribution in [0.3, 0.4) is 0 Å². The molecule has 3 fully saturated rings. The van der Waals surface area contributed by atoms with Crippen LogP contribution in [-0.4, -0.2) is 82.2 Å². The standard InChI is InChI=1S/C40H53N5O8S/c1-24-14-15-29-28(20-24)27-16-17-39(52-32(27)25(2)41-29)22-31-33(46)43-40(35(48)44-54(50,51)38(6)18-19-38)21-26(40)12-10-8-7-9-11-13-30(34(47)45(31)23-39)42-36(49)53-37(3,4)5/h10,12,14-15,20,26,30-31H,7-9,11,13,16-19,21-23H2,1-6H3,(H,42,49)(H,43,46)(H,44,48)/b12-10-/t26?,30-,31-,39+,40?/m0/s1. The molecule has 1 spiro atoms. The van der Waals surface area contributed by atoms with Crippen molar-refractivity contribution in [3.63, 3.8) is 0 Å². The summed E-state index contributed by atoms with van der Waals surface area (Å²) in [4.78, 5) is 62.7. The number of benzene rings is 1. The van der Waals surface area contributed by atoms with E-state index in [1.165, 1.54) is 4.90 Å². The Morgan fingerprint density at radius 2 is 1.83 bits per heavy atom. The van der Waals surface area contributed by atoms with Gasteiger partial charge in [0, 0.05) is 23.3 Å². The van der Waals surface area contributed by atoms with E-state index in [9.17, 15) is 27.6 Å². The summed E-state index contributed by atoms with van der Waals surface area (Å²) in [7, 11) is -3.98. The molecule has 0 bridgehead atoms. The van der Waals surface area contributed by atoms with Crippen molar-refractivity contribution in [2.75, 3.05) is 6.54 Å². The summed E-state index contributed by atoms with van der Waals surface area (Å²) in [6.07, 6.45) is 8.79. The number of fused-ring (bicyclic) bond motifs is 5. The van der Waals surface area contributed by atoms with Gasteiger partial charge in [-0.3, -0.25) is 19.1 Å².